The molecular weight excluding hydrogens is 369 g/mol. The van der Waals surface area contributed by atoms with E-state index in [9.17, 15) is 13.2 Å². The molecule has 0 aliphatic heterocycles. The Kier molecular flexibility index (Phi) is 6.61. The molecule has 0 N–H and O–H groups in total. The Morgan fingerprint density at radius 1 is 0.793 bits per heavy atom. The molecule has 1 spiro atoms. The lowest BCUT2D eigenvalue weighted by molar-refractivity contribution is -0.0949. The van der Waals surface area contributed by atoms with E-state index < -0.39 is 17.5 Å². The van der Waals surface area contributed by atoms with Gasteiger partial charge < -0.3 is 0 Å². The van der Waals surface area contributed by atoms with Crippen LogP contribution in [0.1, 0.15) is 108 Å². The first-order valence-corrected chi connectivity index (χ1v) is 12.1. The number of benzene rings is 1. The first-order chi connectivity index (χ1) is 14.0. The Bertz CT molecular complexity index is 652. The van der Waals surface area contributed by atoms with Gasteiger partial charge in [-0.05, 0) is 98.1 Å². The average Bonchev–Trinajstić information content (AvgIpc) is 2.65. The summed E-state index contributed by atoms with van der Waals surface area (Å²) in [6.45, 7) is 2.28. The Hall–Kier alpha value is -0.990. The molecule has 1 aromatic rings. The largest absolute Gasteiger partial charge is 0.204 e. The van der Waals surface area contributed by atoms with Gasteiger partial charge in [-0.1, -0.05) is 45.4 Å². The van der Waals surface area contributed by atoms with Crippen molar-refractivity contribution in [3.8, 4) is 0 Å². The standard InChI is InChI=1S/C26H37F3/c1-2-3-4-5-6-7-18-14-26(15-18)16-22(17-26)20-10-8-19(9-11-20)21-12-23(27)25(29)24(28)13-21/h12-13,18-20,22H,2-11,14-17H2,1H3/t18?,19-,20-,22?,26?. The molecule has 0 nitrogen and oxygen atoms in total. The van der Waals surface area contributed by atoms with Crippen LogP contribution in [-0.4, -0.2) is 0 Å². The van der Waals surface area contributed by atoms with Crippen molar-refractivity contribution in [2.24, 2.45) is 23.2 Å². The molecule has 29 heavy (non-hydrogen) atoms. The van der Waals surface area contributed by atoms with E-state index in [1.165, 1.54) is 76.3 Å². The Labute approximate surface area is 174 Å². The van der Waals surface area contributed by atoms with Crippen LogP contribution in [0.5, 0.6) is 0 Å². The predicted molar refractivity (Wildman–Crippen MR) is 112 cm³/mol. The number of rotatable bonds is 8. The highest BCUT2D eigenvalue weighted by atomic mass is 19.2. The van der Waals surface area contributed by atoms with E-state index in [1.54, 1.807) is 0 Å². The summed E-state index contributed by atoms with van der Waals surface area (Å²) in [6, 6.07) is 2.41. The molecule has 0 radical (unpaired) electrons. The maximum atomic E-state index is 13.5. The highest BCUT2D eigenvalue weighted by Gasteiger charge is 2.53. The molecule has 3 aliphatic carbocycles. The van der Waals surface area contributed by atoms with Gasteiger partial charge in [0.2, 0.25) is 0 Å². The van der Waals surface area contributed by atoms with E-state index >= 15 is 0 Å². The van der Waals surface area contributed by atoms with E-state index in [2.05, 4.69) is 6.92 Å². The van der Waals surface area contributed by atoms with E-state index in [0.29, 0.717) is 11.0 Å². The Morgan fingerprint density at radius 3 is 2.03 bits per heavy atom. The summed E-state index contributed by atoms with van der Waals surface area (Å²) in [5.41, 5.74) is 1.34. The van der Waals surface area contributed by atoms with Gasteiger partial charge in [-0.25, -0.2) is 13.2 Å². The van der Waals surface area contributed by atoms with Crippen LogP contribution in [-0.2, 0) is 0 Å². The van der Waals surface area contributed by atoms with Gasteiger partial charge in [0, 0.05) is 0 Å². The highest BCUT2D eigenvalue weighted by Crippen LogP contribution is 2.65. The summed E-state index contributed by atoms with van der Waals surface area (Å²) < 4.78 is 40.3. The summed E-state index contributed by atoms with van der Waals surface area (Å²) in [6.07, 6.45) is 18.5. The molecular formula is C26H37F3. The highest BCUT2D eigenvalue weighted by molar-refractivity contribution is 5.23. The number of hydrogen-bond acceptors (Lipinski definition) is 0. The van der Waals surface area contributed by atoms with Crippen LogP contribution < -0.4 is 0 Å². The second-order valence-electron chi connectivity index (χ2n) is 10.6. The minimum Gasteiger partial charge on any atom is -0.204 e. The number of unbranched alkanes of at least 4 members (excludes halogenated alkanes) is 4. The zero-order valence-electron chi connectivity index (χ0n) is 18.0. The van der Waals surface area contributed by atoms with Gasteiger partial charge in [0.05, 0.1) is 0 Å². The molecule has 0 amide bonds. The van der Waals surface area contributed by atoms with Crippen LogP contribution in [0.2, 0.25) is 0 Å². The SMILES string of the molecule is CCCCCCCC1CC2(C1)CC([C@H]1CC[C@H](c3cc(F)c(F)c(F)c3)CC1)C2. The van der Waals surface area contributed by atoms with Gasteiger partial charge in [-0.2, -0.15) is 0 Å². The Balaban J connectivity index is 1.16. The molecule has 0 bridgehead atoms. The topological polar surface area (TPSA) is 0 Å². The van der Waals surface area contributed by atoms with Crippen molar-refractivity contribution in [3.63, 3.8) is 0 Å². The van der Waals surface area contributed by atoms with Gasteiger partial charge in [0.1, 0.15) is 0 Å². The van der Waals surface area contributed by atoms with E-state index in [-0.39, 0.29) is 5.92 Å². The molecule has 0 heterocycles. The van der Waals surface area contributed by atoms with Crippen molar-refractivity contribution in [1.82, 2.24) is 0 Å². The van der Waals surface area contributed by atoms with Crippen molar-refractivity contribution in [3.05, 3.63) is 35.1 Å². The molecule has 0 unspecified atom stereocenters. The smallest absolute Gasteiger partial charge is 0.194 e. The third-order valence-electron chi connectivity index (χ3n) is 8.47. The van der Waals surface area contributed by atoms with Crippen LogP contribution in [0.3, 0.4) is 0 Å². The van der Waals surface area contributed by atoms with E-state index in [1.807, 2.05) is 0 Å². The minimum absolute atomic E-state index is 0.186. The molecule has 3 fully saturated rings. The fourth-order valence-corrected chi connectivity index (χ4v) is 6.86. The quantitative estimate of drug-likeness (QED) is 0.300. The maximum Gasteiger partial charge on any atom is 0.194 e. The Morgan fingerprint density at radius 2 is 1.41 bits per heavy atom. The van der Waals surface area contributed by atoms with Gasteiger partial charge in [0.25, 0.3) is 0 Å². The van der Waals surface area contributed by atoms with Crippen LogP contribution in [0.4, 0.5) is 13.2 Å². The van der Waals surface area contributed by atoms with E-state index in [0.717, 1.165) is 43.4 Å². The summed E-state index contributed by atoms with van der Waals surface area (Å²) in [7, 11) is 0. The molecule has 0 saturated heterocycles. The zero-order chi connectivity index (χ0) is 20.4. The first kappa shape index (κ1) is 21.2. The molecule has 3 heteroatoms. The third kappa shape index (κ3) is 4.69. The second-order valence-corrected chi connectivity index (χ2v) is 10.6. The first-order valence-electron chi connectivity index (χ1n) is 12.1. The fourth-order valence-electron chi connectivity index (χ4n) is 6.86. The molecule has 4 rings (SSSR count). The summed E-state index contributed by atoms with van der Waals surface area (Å²) >= 11 is 0. The molecule has 1 aromatic carbocycles. The monoisotopic (exact) mass is 406 g/mol. The van der Waals surface area contributed by atoms with Crippen molar-refractivity contribution >= 4 is 0 Å². The maximum absolute atomic E-state index is 13.5. The lowest BCUT2D eigenvalue weighted by Gasteiger charge is -2.60. The lowest BCUT2D eigenvalue weighted by atomic mass is 9.45. The predicted octanol–water partition coefficient (Wildman–Crippen LogP) is 8.54. The second kappa shape index (κ2) is 9.02. The molecule has 162 valence electrons. The van der Waals surface area contributed by atoms with Crippen molar-refractivity contribution in [2.45, 2.75) is 103 Å². The minimum atomic E-state index is -1.35. The summed E-state index contributed by atoms with van der Waals surface area (Å²) in [5, 5.41) is 0. The summed E-state index contributed by atoms with van der Waals surface area (Å²) in [5.74, 6) is -0.589. The summed E-state index contributed by atoms with van der Waals surface area (Å²) in [4.78, 5) is 0. The van der Waals surface area contributed by atoms with Crippen LogP contribution >= 0.6 is 0 Å². The molecule has 3 aliphatic rings. The lowest BCUT2D eigenvalue weighted by Crippen LogP contribution is -2.49. The average molecular weight is 407 g/mol. The van der Waals surface area contributed by atoms with Crippen molar-refractivity contribution in [1.29, 1.82) is 0 Å². The van der Waals surface area contributed by atoms with E-state index in [4.69, 9.17) is 0 Å². The van der Waals surface area contributed by atoms with Gasteiger partial charge in [0.15, 0.2) is 17.5 Å². The molecule has 3 saturated carbocycles. The van der Waals surface area contributed by atoms with Gasteiger partial charge >= 0.3 is 0 Å². The van der Waals surface area contributed by atoms with Crippen LogP contribution in [0.25, 0.3) is 0 Å². The fraction of sp³-hybridized carbons (Fsp3) is 0.769. The number of halogens is 3. The van der Waals surface area contributed by atoms with Gasteiger partial charge in [-0.15, -0.1) is 0 Å². The van der Waals surface area contributed by atoms with Crippen molar-refractivity contribution in [2.75, 3.05) is 0 Å². The molecule has 0 aromatic heterocycles. The molecule has 0 atom stereocenters. The number of hydrogen-bond donors (Lipinski definition) is 0. The van der Waals surface area contributed by atoms with Crippen LogP contribution in [0, 0.1) is 40.6 Å². The van der Waals surface area contributed by atoms with Crippen LogP contribution in [0.15, 0.2) is 12.1 Å². The van der Waals surface area contributed by atoms with Crippen molar-refractivity contribution < 1.29 is 13.2 Å². The van der Waals surface area contributed by atoms with Gasteiger partial charge in [-0.3, -0.25) is 0 Å². The third-order valence-corrected chi connectivity index (χ3v) is 8.47. The normalized spacial score (nSPS) is 34.1. The zero-order valence-corrected chi connectivity index (χ0v) is 18.0.